The Balaban J connectivity index is 1.41. The van der Waals surface area contributed by atoms with Gasteiger partial charge < -0.3 is 9.73 Å². The molecule has 1 aromatic carbocycles. The maximum absolute atomic E-state index is 11.9. The third-order valence-corrected chi connectivity index (χ3v) is 4.57. The van der Waals surface area contributed by atoms with E-state index in [-0.39, 0.29) is 11.7 Å². The molecule has 2 aromatic heterocycles. The van der Waals surface area contributed by atoms with Gasteiger partial charge in [-0.1, -0.05) is 41.6 Å². The van der Waals surface area contributed by atoms with Gasteiger partial charge in [0.15, 0.2) is 0 Å². The fraction of sp³-hybridized carbons (Fsp3) is 0.176. The van der Waals surface area contributed by atoms with Gasteiger partial charge in [0, 0.05) is 11.6 Å². The van der Waals surface area contributed by atoms with Crippen molar-refractivity contribution >= 4 is 41.4 Å². The third kappa shape index (κ3) is 5.87. The summed E-state index contributed by atoms with van der Waals surface area (Å²) in [4.78, 5) is 16.1. The lowest BCUT2D eigenvalue weighted by Crippen LogP contribution is -2.24. The van der Waals surface area contributed by atoms with Gasteiger partial charge in [-0.05, 0) is 30.7 Å². The maximum Gasteiger partial charge on any atom is 0.240 e. The van der Waals surface area contributed by atoms with E-state index >= 15 is 0 Å². The Labute approximate surface area is 164 Å². The first kappa shape index (κ1) is 19.0. The van der Waals surface area contributed by atoms with Crippen molar-refractivity contribution in [2.75, 3.05) is 11.2 Å². The Bertz CT molecular complexity index is 939. The molecule has 0 aliphatic heterocycles. The molecule has 0 radical (unpaired) electrons. The van der Waals surface area contributed by atoms with Crippen molar-refractivity contribution in [3.8, 4) is 0 Å². The summed E-state index contributed by atoms with van der Waals surface area (Å²) >= 11 is 7.27. The number of nitrogens with one attached hydrogen (secondary N) is 3. The van der Waals surface area contributed by atoms with Gasteiger partial charge in [0.1, 0.15) is 11.5 Å². The summed E-state index contributed by atoms with van der Waals surface area (Å²) in [7, 11) is 0. The predicted molar refractivity (Wildman–Crippen MR) is 105 cm³/mol. The van der Waals surface area contributed by atoms with E-state index in [1.165, 1.54) is 18.0 Å². The van der Waals surface area contributed by atoms with Crippen molar-refractivity contribution in [1.29, 1.82) is 0 Å². The number of thioether (sulfide) groups is 1. The van der Waals surface area contributed by atoms with Crippen LogP contribution in [0.1, 0.15) is 17.1 Å². The van der Waals surface area contributed by atoms with E-state index in [9.17, 15) is 4.79 Å². The lowest BCUT2D eigenvalue weighted by molar-refractivity contribution is -0.118. The number of aryl methyl sites for hydroxylation is 1. The Kier molecular flexibility index (Phi) is 6.50. The lowest BCUT2D eigenvalue weighted by Gasteiger charge is -2.05. The molecule has 0 bridgehead atoms. The van der Waals surface area contributed by atoms with Crippen LogP contribution in [0.15, 0.2) is 51.1 Å². The summed E-state index contributed by atoms with van der Waals surface area (Å²) in [6.07, 6.45) is 1.53. The summed E-state index contributed by atoms with van der Waals surface area (Å²) in [5.74, 6) is 1.86. The zero-order valence-corrected chi connectivity index (χ0v) is 16.0. The van der Waals surface area contributed by atoms with Gasteiger partial charge in [-0.15, -0.1) is 5.10 Å². The summed E-state index contributed by atoms with van der Waals surface area (Å²) in [6, 6.07) is 11.0. The molecular formula is C17H17ClN6O2S. The van der Waals surface area contributed by atoms with Gasteiger partial charge in [0.05, 0.1) is 12.0 Å². The molecule has 2 heterocycles. The van der Waals surface area contributed by atoms with E-state index in [1.54, 1.807) is 6.07 Å². The van der Waals surface area contributed by atoms with E-state index < -0.39 is 0 Å². The van der Waals surface area contributed by atoms with E-state index in [4.69, 9.17) is 16.0 Å². The minimum absolute atomic E-state index is 0.134. The van der Waals surface area contributed by atoms with Crippen LogP contribution in [0.3, 0.4) is 0 Å². The van der Waals surface area contributed by atoms with Crippen molar-refractivity contribution < 1.29 is 9.21 Å². The minimum Gasteiger partial charge on any atom is -0.460 e. The zero-order chi connectivity index (χ0) is 19.1. The molecule has 0 aliphatic carbocycles. The van der Waals surface area contributed by atoms with Gasteiger partial charge in [-0.3, -0.25) is 4.79 Å². The van der Waals surface area contributed by atoms with Crippen LogP contribution in [-0.4, -0.2) is 33.1 Å². The number of benzene rings is 1. The van der Waals surface area contributed by atoms with Gasteiger partial charge in [0.25, 0.3) is 0 Å². The monoisotopic (exact) mass is 404 g/mol. The molecule has 3 rings (SSSR count). The topological polar surface area (TPSA) is 108 Å². The molecule has 0 fully saturated rings. The zero-order valence-electron chi connectivity index (χ0n) is 14.4. The Hall–Kier alpha value is -2.78. The number of hydrazone groups is 1. The van der Waals surface area contributed by atoms with Gasteiger partial charge in [-0.25, -0.2) is 10.5 Å². The van der Waals surface area contributed by atoms with Crippen LogP contribution < -0.4 is 10.7 Å². The van der Waals surface area contributed by atoms with Crippen LogP contribution >= 0.6 is 23.4 Å². The smallest absolute Gasteiger partial charge is 0.240 e. The van der Waals surface area contributed by atoms with Crippen molar-refractivity contribution in [1.82, 2.24) is 20.5 Å². The standard InChI is InChI=1S/C17H17ClN6O2S/c1-11-6-7-13(26-11)9-20-22-16-21-17(24-23-16)27-10-15(25)19-8-12-4-2-3-5-14(12)18/h2-7,9H,8,10H2,1H3,(H,19,25)(H2,21,22,23,24)/b20-9+. The molecule has 3 N–H and O–H groups in total. The van der Waals surface area contributed by atoms with E-state index in [0.717, 1.165) is 11.3 Å². The number of nitrogens with zero attached hydrogens (tertiary/aromatic N) is 3. The fourth-order valence-corrected chi connectivity index (χ4v) is 2.89. The number of carbonyl (C=O) groups is 1. The van der Waals surface area contributed by atoms with Crippen LogP contribution in [0, 0.1) is 6.92 Å². The first-order chi connectivity index (χ1) is 13.1. The summed E-state index contributed by atoms with van der Waals surface area (Å²) in [5, 5.41) is 14.6. The van der Waals surface area contributed by atoms with Crippen molar-refractivity contribution in [2.24, 2.45) is 5.10 Å². The molecule has 10 heteroatoms. The molecular weight excluding hydrogens is 388 g/mol. The number of hydrogen-bond donors (Lipinski definition) is 3. The minimum atomic E-state index is -0.134. The normalized spacial score (nSPS) is 11.0. The van der Waals surface area contributed by atoms with E-state index in [1.807, 2.05) is 37.3 Å². The van der Waals surface area contributed by atoms with Crippen LogP contribution in [0.25, 0.3) is 0 Å². The highest BCUT2D eigenvalue weighted by molar-refractivity contribution is 7.99. The highest BCUT2D eigenvalue weighted by atomic mass is 35.5. The number of hydrogen-bond acceptors (Lipinski definition) is 7. The molecule has 27 heavy (non-hydrogen) atoms. The Morgan fingerprint density at radius 1 is 1.37 bits per heavy atom. The third-order valence-electron chi connectivity index (χ3n) is 3.35. The second kappa shape index (κ2) is 9.24. The highest BCUT2D eigenvalue weighted by Crippen LogP contribution is 2.16. The molecule has 140 valence electrons. The molecule has 0 aliphatic rings. The van der Waals surface area contributed by atoms with Crippen molar-refractivity contribution in [3.05, 3.63) is 58.5 Å². The number of H-pyrrole nitrogens is 1. The predicted octanol–water partition coefficient (Wildman–Crippen LogP) is 3.21. The van der Waals surface area contributed by atoms with Crippen molar-refractivity contribution in [3.63, 3.8) is 0 Å². The number of aromatic nitrogens is 3. The average Bonchev–Trinajstić information content (AvgIpc) is 3.28. The van der Waals surface area contributed by atoms with Crippen LogP contribution in [0.2, 0.25) is 5.02 Å². The maximum atomic E-state index is 11.9. The molecule has 8 nitrogen and oxygen atoms in total. The molecule has 0 atom stereocenters. The van der Waals surface area contributed by atoms with E-state index in [2.05, 4.69) is 31.0 Å². The second-order valence-corrected chi connectivity index (χ2v) is 6.79. The number of furan rings is 1. The fourth-order valence-electron chi connectivity index (χ4n) is 2.06. The highest BCUT2D eigenvalue weighted by Gasteiger charge is 2.08. The first-order valence-corrected chi connectivity index (χ1v) is 9.37. The van der Waals surface area contributed by atoms with Gasteiger partial charge in [0.2, 0.25) is 17.0 Å². The van der Waals surface area contributed by atoms with Crippen LogP contribution in [0.5, 0.6) is 0 Å². The molecule has 0 unspecified atom stereocenters. The number of amides is 1. The number of aromatic amines is 1. The summed E-state index contributed by atoms with van der Waals surface area (Å²) < 4.78 is 5.36. The average molecular weight is 405 g/mol. The quantitative estimate of drug-likeness (QED) is 0.302. The first-order valence-electron chi connectivity index (χ1n) is 8.01. The molecule has 0 saturated heterocycles. The molecule has 1 amide bonds. The Morgan fingerprint density at radius 2 is 2.22 bits per heavy atom. The van der Waals surface area contributed by atoms with E-state index in [0.29, 0.717) is 28.4 Å². The summed E-state index contributed by atoms with van der Waals surface area (Å²) in [6.45, 7) is 2.23. The SMILES string of the molecule is Cc1ccc(/C=N/Nc2nc(SCC(=O)NCc3ccccc3Cl)n[nH]2)o1. The molecule has 0 saturated carbocycles. The number of carbonyl (C=O) groups excluding carboxylic acids is 1. The lowest BCUT2D eigenvalue weighted by atomic mass is 10.2. The summed E-state index contributed by atoms with van der Waals surface area (Å²) in [5.41, 5.74) is 3.58. The second-order valence-electron chi connectivity index (χ2n) is 5.44. The van der Waals surface area contributed by atoms with Gasteiger partial charge >= 0.3 is 0 Å². The van der Waals surface area contributed by atoms with Gasteiger partial charge in [-0.2, -0.15) is 10.1 Å². The number of halogens is 1. The molecule has 0 spiro atoms. The number of rotatable bonds is 8. The molecule has 3 aromatic rings. The Morgan fingerprint density at radius 3 is 3.00 bits per heavy atom. The van der Waals surface area contributed by atoms with Crippen LogP contribution in [-0.2, 0) is 11.3 Å². The van der Waals surface area contributed by atoms with Crippen LogP contribution in [0.4, 0.5) is 5.95 Å². The number of anilines is 1. The van der Waals surface area contributed by atoms with Crippen molar-refractivity contribution in [2.45, 2.75) is 18.6 Å². The largest absolute Gasteiger partial charge is 0.460 e.